The van der Waals surface area contributed by atoms with Crippen LogP contribution in [-0.4, -0.2) is 30.0 Å². The molecule has 84 valence electrons. The van der Waals surface area contributed by atoms with E-state index in [1.165, 1.54) is 0 Å². The van der Waals surface area contributed by atoms with Gasteiger partial charge < -0.3 is 11.1 Å². The number of hydrogen-bond acceptors (Lipinski definition) is 3. The standard InChI is InChI=1S/C10H22N2OS/c1-4-14-9(8(2)3)10(13)12-7-5-6-11/h8-9H,4-7,11H2,1-3H3,(H,12,13). The highest BCUT2D eigenvalue weighted by Crippen LogP contribution is 2.19. The quantitative estimate of drug-likeness (QED) is 0.632. The molecule has 0 aromatic rings. The molecule has 0 aliphatic rings. The summed E-state index contributed by atoms with van der Waals surface area (Å²) in [6.45, 7) is 7.56. The molecule has 0 aliphatic carbocycles. The van der Waals surface area contributed by atoms with Gasteiger partial charge in [-0.05, 0) is 24.6 Å². The third-order valence-electron chi connectivity index (χ3n) is 1.89. The van der Waals surface area contributed by atoms with E-state index in [0.717, 1.165) is 12.2 Å². The maximum Gasteiger partial charge on any atom is 0.233 e. The SMILES string of the molecule is CCSC(C(=O)NCCCN)C(C)C. The molecule has 1 amide bonds. The molecule has 0 fully saturated rings. The summed E-state index contributed by atoms with van der Waals surface area (Å²) in [6.07, 6.45) is 0.855. The maximum atomic E-state index is 11.7. The van der Waals surface area contributed by atoms with Crippen molar-refractivity contribution < 1.29 is 4.79 Å². The third kappa shape index (κ3) is 5.50. The van der Waals surface area contributed by atoms with Crippen LogP contribution in [0.15, 0.2) is 0 Å². The summed E-state index contributed by atoms with van der Waals surface area (Å²) in [5.41, 5.74) is 5.35. The van der Waals surface area contributed by atoms with Crippen molar-refractivity contribution in [1.29, 1.82) is 0 Å². The van der Waals surface area contributed by atoms with Crippen LogP contribution < -0.4 is 11.1 Å². The van der Waals surface area contributed by atoms with Crippen LogP contribution in [0.2, 0.25) is 0 Å². The minimum atomic E-state index is 0.0813. The highest BCUT2D eigenvalue weighted by molar-refractivity contribution is 8.00. The molecule has 0 heterocycles. The van der Waals surface area contributed by atoms with Crippen LogP contribution in [0.3, 0.4) is 0 Å². The predicted molar refractivity (Wildman–Crippen MR) is 63.4 cm³/mol. The molecule has 0 rings (SSSR count). The molecule has 0 aromatic heterocycles. The molecular formula is C10H22N2OS. The van der Waals surface area contributed by atoms with E-state index in [9.17, 15) is 4.79 Å². The Morgan fingerprint density at radius 1 is 1.50 bits per heavy atom. The summed E-state index contributed by atoms with van der Waals surface area (Å²) in [5.74, 6) is 1.52. The Balaban J connectivity index is 3.89. The van der Waals surface area contributed by atoms with Crippen LogP contribution in [0.4, 0.5) is 0 Å². The molecule has 3 N–H and O–H groups in total. The van der Waals surface area contributed by atoms with Gasteiger partial charge in [-0.15, -0.1) is 11.8 Å². The molecule has 0 radical (unpaired) electrons. The molecule has 4 heteroatoms. The molecular weight excluding hydrogens is 196 g/mol. The summed E-state index contributed by atoms with van der Waals surface area (Å²) in [4.78, 5) is 11.7. The van der Waals surface area contributed by atoms with Gasteiger partial charge in [0.2, 0.25) is 5.91 Å². The average molecular weight is 218 g/mol. The fourth-order valence-corrected chi connectivity index (χ4v) is 2.14. The van der Waals surface area contributed by atoms with Crippen LogP contribution in [0.25, 0.3) is 0 Å². The summed E-state index contributed by atoms with van der Waals surface area (Å²) in [6, 6.07) is 0. The number of carbonyl (C=O) groups is 1. The number of thioether (sulfide) groups is 1. The first-order chi connectivity index (χ1) is 6.63. The lowest BCUT2D eigenvalue weighted by Gasteiger charge is -2.18. The smallest absolute Gasteiger partial charge is 0.233 e. The minimum absolute atomic E-state index is 0.0813. The van der Waals surface area contributed by atoms with Crippen LogP contribution >= 0.6 is 11.8 Å². The Hall–Kier alpha value is -0.220. The zero-order chi connectivity index (χ0) is 11.0. The third-order valence-corrected chi connectivity index (χ3v) is 3.34. The number of rotatable bonds is 7. The van der Waals surface area contributed by atoms with E-state index in [1.807, 2.05) is 0 Å². The monoisotopic (exact) mass is 218 g/mol. The zero-order valence-electron chi connectivity index (χ0n) is 9.38. The summed E-state index contributed by atoms with van der Waals surface area (Å²) >= 11 is 1.71. The molecule has 0 saturated carbocycles. The molecule has 0 aliphatic heterocycles. The number of nitrogens with two attached hydrogens (primary N) is 1. The maximum absolute atomic E-state index is 11.7. The second kappa shape index (κ2) is 8.12. The minimum Gasteiger partial charge on any atom is -0.355 e. The van der Waals surface area contributed by atoms with Crippen molar-refractivity contribution in [3.05, 3.63) is 0 Å². The summed E-state index contributed by atoms with van der Waals surface area (Å²) < 4.78 is 0. The lowest BCUT2D eigenvalue weighted by atomic mass is 10.1. The van der Waals surface area contributed by atoms with Gasteiger partial charge in [-0.3, -0.25) is 4.79 Å². The largest absolute Gasteiger partial charge is 0.355 e. The van der Waals surface area contributed by atoms with Gasteiger partial charge in [0, 0.05) is 6.54 Å². The van der Waals surface area contributed by atoms with Crippen molar-refractivity contribution in [3.8, 4) is 0 Å². The first-order valence-corrected chi connectivity index (χ1v) is 6.27. The van der Waals surface area contributed by atoms with Crippen molar-refractivity contribution in [2.45, 2.75) is 32.4 Å². The van der Waals surface area contributed by atoms with Crippen LogP contribution in [0.5, 0.6) is 0 Å². The summed E-state index contributed by atoms with van der Waals surface area (Å²) in [5, 5.41) is 2.99. The summed E-state index contributed by atoms with van der Waals surface area (Å²) in [7, 11) is 0. The van der Waals surface area contributed by atoms with E-state index in [2.05, 4.69) is 26.1 Å². The first-order valence-electron chi connectivity index (χ1n) is 5.22. The Labute approximate surface area is 91.2 Å². The zero-order valence-corrected chi connectivity index (χ0v) is 10.2. The predicted octanol–water partition coefficient (Wildman–Crippen LogP) is 1.23. The van der Waals surface area contributed by atoms with Crippen molar-refractivity contribution in [1.82, 2.24) is 5.32 Å². The van der Waals surface area contributed by atoms with Crippen molar-refractivity contribution >= 4 is 17.7 Å². The Morgan fingerprint density at radius 2 is 2.14 bits per heavy atom. The molecule has 14 heavy (non-hydrogen) atoms. The van der Waals surface area contributed by atoms with Crippen molar-refractivity contribution in [2.75, 3.05) is 18.8 Å². The molecule has 0 bridgehead atoms. The van der Waals surface area contributed by atoms with Crippen LogP contribution in [0.1, 0.15) is 27.2 Å². The van der Waals surface area contributed by atoms with Gasteiger partial charge in [-0.2, -0.15) is 0 Å². The van der Waals surface area contributed by atoms with E-state index in [4.69, 9.17) is 5.73 Å². The van der Waals surface area contributed by atoms with E-state index in [1.54, 1.807) is 11.8 Å². The van der Waals surface area contributed by atoms with E-state index < -0.39 is 0 Å². The van der Waals surface area contributed by atoms with Crippen molar-refractivity contribution in [3.63, 3.8) is 0 Å². The highest BCUT2D eigenvalue weighted by Gasteiger charge is 2.20. The number of carbonyl (C=O) groups excluding carboxylic acids is 1. The van der Waals surface area contributed by atoms with Gasteiger partial charge in [-0.25, -0.2) is 0 Å². The van der Waals surface area contributed by atoms with Gasteiger partial charge in [-0.1, -0.05) is 20.8 Å². The highest BCUT2D eigenvalue weighted by atomic mass is 32.2. The van der Waals surface area contributed by atoms with E-state index in [-0.39, 0.29) is 11.2 Å². The second-order valence-electron chi connectivity index (χ2n) is 3.55. The average Bonchev–Trinajstić information content (AvgIpc) is 2.13. The van der Waals surface area contributed by atoms with Gasteiger partial charge in [0.25, 0.3) is 0 Å². The van der Waals surface area contributed by atoms with Crippen LogP contribution in [-0.2, 0) is 4.79 Å². The molecule has 0 spiro atoms. The lowest BCUT2D eigenvalue weighted by molar-refractivity contribution is -0.121. The topological polar surface area (TPSA) is 55.1 Å². The lowest BCUT2D eigenvalue weighted by Crippen LogP contribution is -2.37. The fourth-order valence-electron chi connectivity index (χ4n) is 1.16. The normalized spacial score (nSPS) is 12.9. The number of nitrogens with one attached hydrogen (secondary N) is 1. The molecule has 1 atom stereocenters. The molecule has 3 nitrogen and oxygen atoms in total. The Bertz CT molecular complexity index is 162. The Morgan fingerprint density at radius 3 is 2.57 bits per heavy atom. The number of amides is 1. The Kier molecular flexibility index (Phi) is 7.99. The fraction of sp³-hybridized carbons (Fsp3) is 0.900. The van der Waals surface area contributed by atoms with Crippen molar-refractivity contribution in [2.24, 2.45) is 11.7 Å². The van der Waals surface area contributed by atoms with Crippen LogP contribution in [0, 0.1) is 5.92 Å². The molecule has 0 saturated heterocycles. The first kappa shape index (κ1) is 13.8. The van der Waals surface area contributed by atoms with Gasteiger partial charge in [0.1, 0.15) is 0 Å². The van der Waals surface area contributed by atoms with E-state index in [0.29, 0.717) is 19.0 Å². The molecule has 1 unspecified atom stereocenters. The van der Waals surface area contributed by atoms with Gasteiger partial charge >= 0.3 is 0 Å². The second-order valence-corrected chi connectivity index (χ2v) is 4.97. The number of hydrogen-bond donors (Lipinski definition) is 2. The van der Waals surface area contributed by atoms with Gasteiger partial charge in [0.05, 0.1) is 5.25 Å². The van der Waals surface area contributed by atoms with Gasteiger partial charge in [0.15, 0.2) is 0 Å². The van der Waals surface area contributed by atoms with E-state index >= 15 is 0 Å². The molecule has 0 aromatic carbocycles.